The largest absolute Gasteiger partial charge is 0.506 e. The number of Topliss-reactive ketones (excluding diaryl/α,β-unsaturated/α-hetero) is 3. The van der Waals surface area contributed by atoms with Crippen LogP contribution in [-0.2, 0) is 14.4 Å². The van der Waals surface area contributed by atoms with Crippen LogP contribution in [0, 0.1) is 22.2 Å². The molecule has 2 fully saturated rings. The van der Waals surface area contributed by atoms with Crippen molar-refractivity contribution in [2.75, 3.05) is 0 Å². The lowest BCUT2D eigenvalue weighted by Gasteiger charge is -2.60. The van der Waals surface area contributed by atoms with E-state index in [9.17, 15) is 19.5 Å². The molecule has 0 saturated heterocycles. The average Bonchev–Trinajstić information content (AvgIpc) is 2.82. The van der Waals surface area contributed by atoms with Gasteiger partial charge in [0.1, 0.15) is 16.7 Å². The molecule has 1 aromatic rings. The van der Waals surface area contributed by atoms with Crippen LogP contribution in [0.5, 0.6) is 0 Å². The average molecular weight is 503 g/mol. The second-order valence-corrected chi connectivity index (χ2v) is 12.2. The SMILES string of the molecule is CC(C)=CCC1CC2(CC=C(C)C)C(=O)/C(=C(/O)c3ccccc3)C(=O)[C@](CC=C(C)C)(C2=O)C1(C)C. The molecule has 37 heavy (non-hydrogen) atoms. The number of hydrogen-bond acceptors (Lipinski definition) is 4. The third-order valence-corrected chi connectivity index (χ3v) is 8.58. The van der Waals surface area contributed by atoms with Gasteiger partial charge in [-0.2, -0.15) is 0 Å². The molecule has 3 rings (SSSR count). The first kappa shape index (κ1) is 28.6. The fourth-order valence-corrected chi connectivity index (χ4v) is 6.13. The molecule has 4 heteroatoms. The summed E-state index contributed by atoms with van der Waals surface area (Å²) in [5, 5.41) is 11.4. The van der Waals surface area contributed by atoms with E-state index in [1.807, 2.05) is 73.6 Å². The summed E-state index contributed by atoms with van der Waals surface area (Å²) < 4.78 is 0. The van der Waals surface area contributed by atoms with E-state index in [4.69, 9.17) is 0 Å². The van der Waals surface area contributed by atoms with Crippen LogP contribution in [0.25, 0.3) is 5.76 Å². The van der Waals surface area contributed by atoms with E-state index < -0.39 is 27.8 Å². The third-order valence-electron chi connectivity index (χ3n) is 8.58. The smallest absolute Gasteiger partial charge is 0.184 e. The maximum absolute atomic E-state index is 14.7. The molecule has 4 nitrogen and oxygen atoms in total. The summed E-state index contributed by atoms with van der Waals surface area (Å²) in [5.41, 5.74) is -0.236. The van der Waals surface area contributed by atoms with Gasteiger partial charge in [-0.25, -0.2) is 0 Å². The second kappa shape index (κ2) is 10.4. The van der Waals surface area contributed by atoms with E-state index in [-0.39, 0.29) is 35.9 Å². The molecule has 198 valence electrons. The van der Waals surface area contributed by atoms with Crippen LogP contribution < -0.4 is 0 Å². The van der Waals surface area contributed by atoms with Gasteiger partial charge in [-0.05, 0) is 78.6 Å². The number of aliphatic hydroxyl groups is 1. The Hall–Kier alpha value is -3.01. The molecule has 2 saturated carbocycles. The molecular weight excluding hydrogens is 460 g/mol. The Morgan fingerprint density at radius 3 is 1.92 bits per heavy atom. The molecule has 2 unspecified atom stereocenters. The number of aliphatic hydroxyl groups excluding tert-OH is 1. The van der Waals surface area contributed by atoms with Gasteiger partial charge in [0.25, 0.3) is 0 Å². The van der Waals surface area contributed by atoms with Crippen LogP contribution in [0.1, 0.15) is 86.6 Å². The monoisotopic (exact) mass is 502 g/mol. The highest BCUT2D eigenvalue weighted by molar-refractivity contribution is 6.41. The molecule has 1 N–H and O–H groups in total. The Bertz CT molecular complexity index is 1210. The van der Waals surface area contributed by atoms with Gasteiger partial charge in [0.05, 0.1) is 5.41 Å². The van der Waals surface area contributed by atoms with E-state index in [1.54, 1.807) is 24.3 Å². The van der Waals surface area contributed by atoms with Gasteiger partial charge >= 0.3 is 0 Å². The summed E-state index contributed by atoms with van der Waals surface area (Å²) in [6.45, 7) is 15.9. The number of allylic oxidation sites excluding steroid dienone is 7. The van der Waals surface area contributed by atoms with Crippen LogP contribution in [0.4, 0.5) is 0 Å². The molecule has 0 amide bonds. The van der Waals surface area contributed by atoms with Crippen LogP contribution >= 0.6 is 0 Å². The van der Waals surface area contributed by atoms with Crippen LogP contribution in [0.3, 0.4) is 0 Å². The summed E-state index contributed by atoms with van der Waals surface area (Å²) in [6.07, 6.45) is 7.49. The van der Waals surface area contributed by atoms with Gasteiger partial charge in [0, 0.05) is 5.56 Å². The van der Waals surface area contributed by atoms with Crippen molar-refractivity contribution in [3.8, 4) is 0 Å². The Labute approximate surface area is 222 Å². The van der Waals surface area contributed by atoms with Crippen LogP contribution in [0.2, 0.25) is 0 Å². The maximum atomic E-state index is 14.7. The first-order chi connectivity index (χ1) is 17.2. The van der Waals surface area contributed by atoms with Crippen LogP contribution in [-0.4, -0.2) is 22.5 Å². The molecule has 0 heterocycles. The van der Waals surface area contributed by atoms with Crippen molar-refractivity contribution in [1.82, 2.24) is 0 Å². The van der Waals surface area contributed by atoms with Crippen molar-refractivity contribution >= 4 is 23.1 Å². The van der Waals surface area contributed by atoms with Crippen molar-refractivity contribution in [2.45, 2.75) is 81.1 Å². The molecule has 0 spiro atoms. The summed E-state index contributed by atoms with van der Waals surface area (Å²) in [6, 6.07) is 8.70. The van der Waals surface area contributed by atoms with Crippen LogP contribution in [0.15, 0.2) is 70.9 Å². The lowest BCUT2D eigenvalue weighted by Crippen LogP contribution is -2.69. The molecule has 2 aliphatic carbocycles. The number of fused-ring (bicyclic) bond motifs is 2. The quantitative estimate of drug-likeness (QED) is 0.136. The standard InChI is InChI=1S/C33H42O4/c1-21(2)14-15-25-20-32(18-16-22(3)4)28(35)26(27(34)24-12-10-9-11-13-24)29(36)33(30(32)37,31(25,7)8)19-17-23(5)6/h9-14,16-17,25,34H,15,18-20H2,1-8H3/b27-26-/t25?,32?,33-/m1/s1. The number of benzene rings is 1. The van der Waals surface area contributed by atoms with E-state index >= 15 is 0 Å². The van der Waals surface area contributed by atoms with Crippen molar-refractivity contribution in [1.29, 1.82) is 0 Å². The Kier molecular flexibility index (Phi) is 8.02. The molecule has 0 radical (unpaired) electrons. The lowest BCUT2D eigenvalue weighted by atomic mass is 9.38. The first-order valence-electron chi connectivity index (χ1n) is 13.3. The van der Waals surface area contributed by atoms with E-state index in [1.165, 1.54) is 0 Å². The number of rotatable bonds is 7. The lowest BCUT2D eigenvalue weighted by molar-refractivity contribution is -0.176. The number of hydrogen-bond donors (Lipinski definition) is 1. The van der Waals surface area contributed by atoms with E-state index in [0.717, 1.165) is 16.7 Å². The highest BCUT2D eigenvalue weighted by Gasteiger charge is 2.73. The molecule has 1 aromatic carbocycles. The fraction of sp³-hybridized carbons (Fsp3) is 0.485. The summed E-state index contributed by atoms with van der Waals surface area (Å²) in [4.78, 5) is 43.6. The minimum atomic E-state index is -1.45. The summed E-state index contributed by atoms with van der Waals surface area (Å²) in [7, 11) is 0. The highest BCUT2D eigenvalue weighted by atomic mass is 16.3. The number of carbonyl (C=O) groups is 3. The first-order valence-corrected chi connectivity index (χ1v) is 13.3. The second-order valence-electron chi connectivity index (χ2n) is 12.2. The topological polar surface area (TPSA) is 71.4 Å². The maximum Gasteiger partial charge on any atom is 0.184 e. The number of ketones is 3. The zero-order valence-electron chi connectivity index (χ0n) is 23.7. The summed E-state index contributed by atoms with van der Waals surface area (Å²) >= 11 is 0. The predicted octanol–water partition coefficient (Wildman–Crippen LogP) is 7.76. The molecule has 3 atom stereocenters. The van der Waals surface area contributed by atoms with Gasteiger partial charge in [0.15, 0.2) is 17.3 Å². The highest BCUT2D eigenvalue weighted by Crippen LogP contribution is 2.65. The zero-order valence-corrected chi connectivity index (χ0v) is 23.7. The Balaban J connectivity index is 2.43. The number of carbonyl (C=O) groups excluding carboxylic acids is 3. The van der Waals surface area contributed by atoms with Gasteiger partial charge in [-0.3, -0.25) is 14.4 Å². The molecular formula is C33H42O4. The molecule has 0 aromatic heterocycles. The van der Waals surface area contributed by atoms with Crippen molar-refractivity contribution in [3.63, 3.8) is 0 Å². The molecule has 2 bridgehead atoms. The zero-order chi connectivity index (χ0) is 27.8. The normalized spacial score (nSPS) is 27.9. The molecule has 2 aliphatic rings. The molecule has 0 aliphatic heterocycles. The van der Waals surface area contributed by atoms with Crippen molar-refractivity contribution in [2.24, 2.45) is 22.2 Å². The van der Waals surface area contributed by atoms with Crippen molar-refractivity contribution < 1.29 is 19.5 Å². The van der Waals surface area contributed by atoms with E-state index in [2.05, 4.69) is 6.08 Å². The van der Waals surface area contributed by atoms with Gasteiger partial charge in [-0.15, -0.1) is 0 Å². The minimum absolute atomic E-state index is 0.0652. The Morgan fingerprint density at radius 1 is 0.838 bits per heavy atom. The van der Waals surface area contributed by atoms with Gasteiger partial charge in [-0.1, -0.05) is 79.1 Å². The van der Waals surface area contributed by atoms with Crippen molar-refractivity contribution in [3.05, 3.63) is 76.4 Å². The summed E-state index contributed by atoms with van der Waals surface area (Å²) in [5.74, 6) is -1.75. The minimum Gasteiger partial charge on any atom is -0.506 e. The Morgan fingerprint density at radius 2 is 1.38 bits per heavy atom. The van der Waals surface area contributed by atoms with Gasteiger partial charge in [0.2, 0.25) is 0 Å². The van der Waals surface area contributed by atoms with Gasteiger partial charge < -0.3 is 5.11 Å². The van der Waals surface area contributed by atoms with E-state index in [0.29, 0.717) is 18.4 Å². The predicted molar refractivity (Wildman–Crippen MR) is 150 cm³/mol. The fourth-order valence-electron chi connectivity index (χ4n) is 6.13. The third kappa shape index (κ3) is 4.71.